The average molecular weight is 196 g/mol. The fraction of sp³-hybridized carbons (Fsp3) is 0.909. The van der Waals surface area contributed by atoms with E-state index in [9.17, 15) is 4.79 Å². The van der Waals surface area contributed by atoms with Crippen LogP contribution >= 0.6 is 0 Å². The van der Waals surface area contributed by atoms with Crippen LogP contribution in [0.3, 0.4) is 0 Å². The fourth-order valence-corrected chi connectivity index (χ4v) is 3.00. The number of hydrogen-bond donors (Lipinski definition) is 0. The lowest BCUT2D eigenvalue weighted by Gasteiger charge is -2.31. The van der Waals surface area contributed by atoms with Gasteiger partial charge in [0.15, 0.2) is 0 Å². The van der Waals surface area contributed by atoms with Crippen molar-refractivity contribution in [1.82, 2.24) is 9.80 Å². The number of carbonyl (C=O) groups excluding carboxylic acids is 1. The van der Waals surface area contributed by atoms with Crippen molar-refractivity contribution in [3.8, 4) is 0 Å². The molecule has 2 aliphatic heterocycles. The van der Waals surface area contributed by atoms with Gasteiger partial charge >= 0.3 is 0 Å². The van der Waals surface area contributed by atoms with Gasteiger partial charge in [0.1, 0.15) is 0 Å². The number of carbonyl (C=O) groups is 1. The summed E-state index contributed by atoms with van der Waals surface area (Å²) in [6.45, 7) is 3.42. The van der Waals surface area contributed by atoms with Gasteiger partial charge in [0, 0.05) is 19.6 Å². The fourth-order valence-electron chi connectivity index (χ4n) is 3.00. The van der Waals surface area contributed by atoms with E-state index in [1.165, 1.54) is 19.3 Å². The zero-order valence-electron chi connectivity index (χ0n) is 9.42. The molecular formula is C11H20N2O. The highest BCUT2D eigenvalue weighted by Gasteiger charge is 2.48. The van der Waals surface area contributed by atoms with E-state index in [2.05, 4.69) is 11.8 Å². The Morgan fingerprint density at radius 2 is 2.14 bits per heavy atom. The van der Waals surface area contributed by atoms with E-state index in [1.54, 1.807) is 4.90 Å². The molecule has 2 heterocycles. The van der Waals surface area contributed by atoms with Gasteiger partial charge in [0.25, 0.3) is 0 Å². The highest BCUT2D eigenvalue weighted by molar-refractivity contribution is 5.82. The minimum absolute atomic E-state index is 0.164. The standard InChI is InChI=1S/C11H20N2O/c1-11-6-4-8-13(11)9(5-7-11)10(14)12(2)3/h9H,4-8H2,1-3H3/t9?,11-/m0/s1. The number of nitrogens with zero attached hydrogens (tertiary/aromatic N) is 2. The van der Waals surface area contributed by atoms with Crippen molar-refractivity contribution in [3.05, 3.63) is 0 Å². The molecule has 2 fully saturated rings. The number of likely N-dealkylation sites (N-methyl/N-ethyl adjacent to an activating group) is 1. The first-order valence-electron chi connectivity index (χ1n) is 5.52. The molecule has 0 N–H and O–H groups in total. The lowest BCUT2D eigenvalue weighted by molar-refractivity contribution is -0.134. The zero-order valence-corrected chi connectivity index (χ0v) is 9.42. The first-order chi connectivity index (χ1) is 6.54. The third-order valence-corrected chi connectivity index (χ3v) is 3.87. The van der Waals surface area contributed by atoms with Crippen LogP contribution < -0.4 is 0 Å². The van der Waals surface area contributed by atoms with Crippen LogP contribution in [-0.4, -0.2) is 47.9 Å². The number of rotatable bonds is 1. The van der Waals surface area contributed by atoms with Crippen LogP contribution in [0.1, 0.15) is 32.6 Å². The Labute approximate surface area is 86.1 Å². The second kappa shape index (κ2) is 3.23. The monoisotopic (exact) mass is 196 g/mol. The Balaban J connectivity index is 2.13. The van der Waals surface area contributed by atoms with Crippen molar-refractivity contribution >= 4 is 5.91 Å². The van der Waals surface area contributed by atoms with E-state index in [4.69, 9.17) is 0 Å². The second-order valence-corrected chi connectivity index (χ2v) is 5.08. The highest BCUT2D eigenvalue weighted by Crippen LogP contribution is 2.42. The molecule has 0 aromatic carbocycles. The summed E-state index contributed by atoms with van der Waals surface area (Å²) in [4.78, 5) is 16.1. The average Bonchev–Trinajstić information content (AvgIpc) is 2.59. The second-order valence-electron chi connectivity index (χ2n) is 5.08. The van der Waals surface area contributed by atoms with E-state index >= 15 is 0 Å². The zero-order chi connectivity index (χ0) is 10.3. The van der Waals surface area contributed by atoms with E-state index in [1.807, 2.05) is 14.1 Å². The van der Waals surface area contributed by atoms with Crippen molar-refractivity contribution in [1.29, 1.82) is 0 Å². The maximum Gasteiger partial charge on any atom is 0.239 e. The van der Waals surface area contributed by atoms with Crippen LogP contribution in [0.2, 0.25) is 0 Å². The summed E-state index contributed by atoms with van der Waals surface area (Å²) in [5, 5.41) is 0. The summed E-state index contributed by atoms with van der Waals surface area (Å²) in [6, 6.07) is 0.164. The Kier molecular flexibility index (Phi) is 2.30. The maximum absolute atomic E-state index is 11.9. The summed E-state index contributed by atoms with van der Waals surface area (Å²) in [5.41, 5.74) is 0.330. The van der Waals surface area contributed by atoms with Crippen molar-refractivity contribution in [2.24, 2.45) is 0 Å². The van der Waals surface area contributed by atoms with Crippen molar-refractivity contribution < 1.29 is 4.79 Å². The van der Waals surface area contributed by atoms with Crippen LogP contribution in [0, 0.1) is 0 Å². The third kappa shape index (κ3) is 1.34. The summed E-state index contributed by atoms with van der Waals surface area (Å²) in [7, 11) is 3.71. The molecule has 0 bridgehead atoms. The van der Waals surface area contributed by atoms with Crippen LogP contribution in [0.4, 0.5) is 0 Å². The molecule has 80 valence electrons. The predicted molar refractivity (Wildman–Crippen MR) is 56.1 cm³/mol. The molecule has 0 aliphatic carbocycles. The Hall–Kier alpha value is -0.570. The normalized spacial score (nSPS) is 37.2. The quantitative estimate of drug-likeness (QED) is 0.627. The molecular weight excluding hydrogens is 176 g/mol. The van der Waals surface area contributed by atoms with Gasteiger partial charge in [0.2, 0.25) is 5.91 Å². The van der Waals surface area contributed by atoms with Gasteiger partial charge in [-0.1, -0.05) is 0 Å². The largest absolute Gasteiger partial charge is 0.347 e. The SMILES string of the molecule is CN(C)C(=O)C1CC[C@]2(C)CCCN12. The Morgan fingerprint density at radius 1 is 1.43 bits per heavy atom. The summed E-state index contributed by atoms with van der Waals surface area (Å²) < 4.78 is 0. The molecule has 2 saturated heterocycles. The van der Waals surface area contributed by atoms with Crippen LogP contribution in [0.5, 0.6) is 0 Å². The van der Waals surface area contributed by atoms with Crippen molar-refractivity contribution in [2.75, 3.05) is 20.6 Å². The van der Waals surface area contributed by atoms with E-state index in [-0.39, 0.29) is 11.9 Å². The molecule has 0 radical (unpaired) electrons. The number of amides is 1. The third-order valence-electron chi connectivity index (χ3n) is 3.87. The molecule has 2 rings (SSSR count). The molecule has 1 amide bonds. The highest BCUT2D eigenvalue weighted by atomic mass is 16.2. The lowest BCUT2D eigenvalue weighted by atomic mass is 9.97. The Morgan fingerprint density at radius 3 is 2.79 bits per heavy atom. The smallest absolute Gasteiger partial charge is 0.239 e. The predicted octanol–water partition coefficient (Wildman–Crippen LogP) is 1.09. The molecule has 0 saturated carbocycles. The van der Waals surface area contributed by atoms with E-state index in [0.717, 1.165) is 13.0 Å². The van der Waals surface area contributed by atoms with Crippen LogP contribution in [0.25, 0.3) is 0 Å². The van der Waals surface area contributed by atoms with Crippen molar-refractivity contribution in [3.63, 3.8) is 0 Å². The van der Waals surface area contributed by atoms with Crippen LogP contribution in [-0.2, 0) is 4.79 Å². The Bertz CT molecular complexity index is 252. The molecule has 14 heavy (non-hydrogen) atoms. The number of fused-ring (bicyclic) bond motifs is 1. The lowest BCUT2D eigenvalue weighted by Crippen LogP contribution is -2.47. The molecule has 0 aromatic heterocycles. The molecule has 3 nitrogen and oxygen atoms in total. The van der Waals surface area contributed by atoms with Gasteiger partial charge in [-0.25, -0.2) is 0 Å². The maximum atomic E-state index is 11.9. The first kappa shape index (κ1) is 9.97. The minimum Gasteiger partial charge on any atom is -0.347 e. The van der Waals surface area contributed by atoms with Gasteiger partial charge in [-0.2, -0.15) is 0 Å². The summed E-state index contributed by atoms with van der Waals surface area (Å²) in [6.07, 6.45) is 4.77. The minimum atomic E-state index is 0.164. The van der Waals surface area contributed by atoms with Gasteiger partial charge in [0.05, 0.1) is 6.04 Å². The summed E-state index contributed by atoms with van der Waals surface area (Å²) in [5.74, 6) is 0.288. The van der Waals surface area contributed by atoms with Crippen LogP contribution in [0.15, 0.2) is 0 Å². The molecule has 1 unspecified atom stereocenters. The van der Waals surface area contributed by atoms with Gasteiger partial charge in [-0.05, 0) is 39.2 Å². The van der Waals surface area contributed by atoms with Gasteiger partial charge in [-0.15, -0.1) is 0 Å². The molecule has 3 heteroatoms. The van der Waals surface area contributed by atoms with E-state index < -0.39 is 0 Å². The molecule has 2 aliphatic rings. The summed E-state index contributed by atoms with van der Waals surface area (Å²) >= 11 is 0. The number of hydrogen-bond acceptors (Lipinski definition) is 2. The van der Waals surface area contributed by atoms with E-state index in [0.29, 0.717) is 5.54 Å². The van der Waals surface area contributed by atoms with Gasteiger partial charge in [-0.3, -0.25) is 9.69 Å². The first-order valence-corrected chi connectivity index (χ1v) is 5.52. The molecule has 2 atom stereocenters. The molecule has 0 spiro atoms. The van der Waals surface area contributed by atoms with Gasteiger partial charge < -0.3 is 4.90 Å². The van der Waals surface area contributed by atoms with Crippen molar-refractivity contribution in [2.45, 2.75) is 44.2 Å². The topological polar surface area (TPSA) is 23.6 Å². The molecule has 0 aromatic rings.